The minimum atomic E-state index is -0.553. The van der Waals surface area contributed by atoms with Gasteiger partial charge in [0.2, 0.25) is 5.91 Å². The summed E-state index contributed by atoms with van der Waals surface area (Å²) in [6.07, 6.45) is 3.35. The molecule has 0 radical (unpaired) electrons. The zero-order chi connectivity index (χ0) is 21.4. The molecular weight excluding hydrogens is 411 g/mol. The average Bonchev–Trinajstić information content (AvgIpc) is 3.40. The molecule has 0 spiro atoms. The summed E-state index contributed by atoms with van der Waals surface area (Å²) in [5.41, 5.74) is 5.24. The zero-order valence-electron chi connectivity index (χ0n) is 16.8. The molecule has 6 heteroatoms. The van der Waals surface area contributed by atoms with Gasteiger partial charge in [0, 0.05) is 11.4 Å². The first kappa shape index (κ1) is 19.8. The summed E-state index contributed by atoms with van der Waals surface area (Å²) in [6.45, 7) is 0. The van der Waals surface area contributed by atoms with Crippen LogP contribution in [0.15, 0.2) is 66.7 Å². The third-order valence-electron chi connectivity index (χ3n) is 5.80. The van der Waals surface area contributed by atoms with Gasteiger partial charge in [0.15, 0.2) is 0 Å². The highest BCUT2D eigenvalue weighted by atomic mass is 32.2. The highest BCUT2D eigenvalue weighted by molar-refractivity contribution is 8.00. The van der Waals surface area contributed by atoms with Crippen molar-refractivity contribution in [3.8, 4) is 0 Å². The Kier molecular flexibility index (Phi) is 5.24. The van der Waals surface area contributed by atoms with Gasteiger partial charge in [-0.3, -0.25) is 14.5 Å². The van der Waals surface area contributed by atoms with Crippen LogP contribution in [0.2, 0.25) is 0 Å². The molecule has 3 aromatic rings. The fourth-order valence-electron chi connectivity index (χ4n) is 4.23. The van der Waals surface area contributed by atoms with Gasteiger partial charge in [-0.15, -0.1) is 11.8 Å². The number of carbonyl (C=O) groups excluding carboxylic acids is 2. The topological polar surface area (TPSA) is 49.4 Å². The minimum Gasteiger partial charge on any atom is -0.322 e. The first-order valence-corrected chi connectivity index (χ1v) is 11.4. The van der Waals surface area contributed by atoms with Crippen LogP contribution in [0.4, 0.5) is 15.8 Å². The van der Waals surface area contributed by atoms with Crippen molar-refractivity contribution in [2.24, 2.45) is 0 Å². The first-order valence-electron chi connectivity index (χ1n) is 10.3. The van der Waals surface area contributed by atoms with Gasteiger partial charge in [-0.25, -0.2) is 4.39 Å². The first-order chi connectivity index (χ1) is 15.1. The molecule has 1 heterocycles. The Hall–Kier alpha value is -3.12. The summed E-state index contributed by atoms with van der Waals surface area (Å²) in [4.78, 5) is 26.9. The number of fused-ring (bicyclic) bond motifs is 1. The Morgan fingerprint density at radius 1 is 1.00 bits per heavy atom. The van der Waals surface area contributed by atoms with Crippen molar-refractivity contribution >= 4 is 35.0 Å². The summed E-state index contributed by atoms with van der Waals surface area (Å²) in [5.74, 6) is -0.503. The van der Waals surface area contributed by atoms with Crippen LogP contribution in [0.5, 0.6) is 0 Å². The van der Waals surface area contributed by atoms with Crippen LogP contribution in [0.25, 0.3) is 0 Å². The van der Waals surface area contributed by atoms with Crippen LogP contribution < -0.4 is 10.2 Å². The molecule has 0 aromatic heterocycles. The van der Waals surface area contributed by atoms with E-state index in [0.29, 0.717) is 11.4 Å². The number of halogens is 1. The molecule has 1 fully saturated rings. The second kappa shape index (κ2) is 8.19. The summed E-state index contributed by atoms with van der Waals surface area (Å²) in [7, 11) is 0. The lowest BCUT2D eigenvalue weighted by molar-refractivity contribution is -0.115. The van der Waals surface area contributed by atoms with Gasteiger partial charge < -0.3 is 5.32 Å². The maximum absolute atomic E-state index is 13.8. The van der Waals surface area contributed by atoms with Gasteiger partial charge >= 0.3 is 0 Å². The SMILES string of the molecule is O=C(Nc1ccc([C@@H]2SCC(=O)N2c2ccc3c(c2)CCC3)cc1)c1ccccc1F. The van der Waals surface area contributed by atoms with Crippen LogP contribution in [-0.2, 0) is 17.6 Å². The van der Waals surface area contributed by atoms with Crippen molar-refractivity contribution < 1.29 is 14.0 Å². The molecule has 2 amide bonds. The van der Waals surface area contributed by atoms with E-state index in [0.717, 1.165) is 24.1 Å². The Morgan fingerprint density at radius 2 is 1.77 bits per heavy atom. The fourth-order valence-corrected chi connectivity index (χ4v) is 5.41. The summed E-state index contributed by atoms with van der Waals surface area (Å²) in [6, 6.07) is 19.6. The van der Waals surface area contributed by atoms with Crippen LogP contribution in [0, 0.1) is 5.82 Å². The number of hydrogen-bond acceptors (Lipinski definition) is 3. The van der Waals surface area contributed by atoms with E-state index in [1.54, 1.807) is 36.0 Å². The van der Waals surface area contributed by atoms with Gasteiger partial charge in [0.25, 0.3) is 5.91 Å². The number of aryl methyl sites for hydroxylation is 2. The minimum absolute atomic E-state index is 0.00584. The van der Waals surface area contributed by atoms with Gasteiger partial charge in [0.05, 0.1) is 11.3 Å². The molecule has 5 rings (SSSR count). The molecule has 1 saturated heterocycles. The molecule has 0 unspecified atom stereocenters. The van der Waals surface area contributed by atoms with E-state index in [2.05, 4.69) is 17.4 Å². The number of nitrogens with zero attached hydrogens (tertiary/aromatic N) is 1. The lowest BCUT2D eigenvalue weighted by Gasteiger charge is -2.25. The van der Waals surface area contributed by atoms with Crippen molar-refractivity contribution in [2.45, 2.75) is 24.6 Å². The maximum Gasteiger partial charge on any atom is 0.258 e. The lowest BCUT2D eigenvalue weighted by atomic mass is 10.1. The molecule has 1 atom stereocenters. The average molecular weight is 433 g/mol. The van der Waals surface area contributed by atoms with Crippen molar-refractivity contribution in [1.82, 2.24) is 0 Å². The van der Waals surface area contributed by atoms with Crippen molar-refractivity contribution in [3.05, 3.63) is 94.8 Å². The quantitative estimate of drug-likeness (QED) is 0.605. The number of amides is 2. The Labute approximate surface area is 184 Å². The van der Waals surface area contributed by atoms with E-state index >= 15 is 0 Å². The number of benzene rings is 3. The molecule has 1 aliphatic carbocycles. The normalized spacial score (nSPS) is 17.6. The maximum atomic E-state index is 13.8. The molecule has 156 valence electrons. The number of hydrogen-bond donors (Lipinski definition) is 1. The number of thioether (sulfide) groups is 1. The molecule has 31 heavy (non-hydrogen) atoms. The fraction of sp³-hybridized carbons (Fsp3) is 0.200. The van der Waals surface area contributed by atoms with Crippen LogP contribution in [0.3, 0.4) is 0 Å². The smallest absolute Gasteiger partial charge is 0.258 e. The molecule has 0 bridgehead atoms. The summed E-state index contributed by atoms with van der Waals surface area (Å²) < 4.78 is 13.8. The largest absolute Gasteiger partial charge is 0.322 e. The number of nitrogens with one attached hydrogen (secondary N) is 1. The van der Waals surface area contributed by atoms with Gasteiger partial charge in [0.1, 0.15) is 11.2 Å². The molecule has 2 aliphatic rings. The van der Waals surface area contributed by atoms with Crippen molar-refractivity contribution in [2.75, 3.05) is 16.0 Å². The van der Waals surface area contributed by atoms with E-state index < -0.39 is 11.7 Å². The molecule has 4 nitrogen and oxygen atoms in total. The Bertz CT molecular complexity index is 1160. The van der Waals surface area contributed by atoms with Gasteiger partial charge in [-0.2, -0.15) is 0 Å². The molecule has 1 aliphatic heterocycles. The van der Waals surface area contributed by atoms with E-state index in [9.17, 15) is 14.0 Å². The summed E-state index contributed by atoms with van der Waals surface area (Å²) >= 11 is 1.60. The monoisotopic (exact) mass is 432 g/mol. The Balaban J connectivity index is 1.35. The van der Waals surface area contributed by atoms with E-state index in [1.807, 2.05) is 23.1 Å². The third-order valence-corrected chi connectivity index (χ3v) is 7.01. The van der Waals surface area contributed by atoms with Crippen molar-refractivity contribution in [1.29, 1.82) is 0 Å². The zero-order valence-corrected chi connectivity index (χ0v) is 17.6. The van der Waals surface area contributed by atoms with Crippen LogP contribution in [0.1, 0.15) is 38.8 Å². The number of anilines is 2. The predicted molar refractivity (Wildman–Crippen MR) is 122 cm³/mol. The highest BCUT2D eigenvalue weighted by Gasteiger charge is 2.34. The standard InChI is InChI=1S/C25H21FN2O2S/c26-22-7-2-1-6-21(22)24(30)27-19-11-8-17(9-12-19)25-28(23(29)15-31-25)20-13-10-16-4-3-5-18(16)14-20/h1-2,6-14,25H,3-5,15H2,(H,27,30)/t25-/m0/s1. The Morgan fingerprint density at radius 3 is 2.58 bits per heavy atom. The van der Waals surface area contributed by atoms with Crippen molar-refractivity contribution in [3.63, 3.8) is 0 Å². The number of rotatable bonds is 4. The lowest BCUT2D eigenvalue weighted by Crippen LogP contribution is -2.27. The van der Waals surface area contributed by atoms with E-state index in [4.69, 9.17) is 0 Å². The second-order valence-corrected chi connectivity index (χ2v) is 8.86. The van der Waals surface area contributed by atoms with E-state index in [1.165, 1.54) is 29.7 Å². The molecule has 1 N–H and O–H groups in total. The predicted octanol–water partition coefficient (Wildman–Crippen LogP) is 5.35. The van der Waals surface area contributed by atoms with Crippen LogP contribution in [-0.4, -0.2) is 17.6 Å². The van der Waals surface area contributed by atoms with E-state index in [-0.39, 0.29) is 16.8 Å². The van der Waals surface area contributed by atoms with Gasteiger partial charge in [-0.05, 0) is 72.4 Å². The molecular formula is C25H21FN2O2S. The van der Waals surface area contributed by atoms with Gasteiger partial charge in [-0.1, -0.05) is 30.3 Å². The van der Waals surface area contributed by atoms with Crippen LogP contribution >= 0.6 is 11.8 Å². The molecule has 0 saturated carbocycles. The summed E-state index contributed by atoms with van der Waals surface area (Å²) in [5, 5.41) is 2.62. The third kappa shape index (κ3) is 3.83. The second-order valence-electron chi connectivity index (χ2n) is 7.79. The number of carbonyl (C=O) groups is 2. The highest BCUT2D eigenvalue weighted by Crippen LogP contribution is 2.43. The molecule has 3 aromatic carbocycles.